The molecule has 4 nitrogen and oxygen atoms in total. The molecule has 0 unspecified atom stereocenters. The van der Waals surface area contributed by atoms with Gasteiger partial charge in [-0.3, -0.25) is 8.98 Å². The summed E-state index contributed by atoms with van der Waals surface area (Å²) in [6, 6.07) is 0. The van der Waals surface area contributed by atoms with Crippen molar-refractivity contribution in [2.24, 2.45) is 5.41 Å². The van der Waals surface area contributed by atoms with Crippen LogP contribution in [0, 0.1) is 5.41 Å². The van der Waals surface area contributed by atoms with Crippen LogP contribution in [0.15, 0.2) is 0 Å². The highest BCUT2D eigenvalue weighted by Crippen LogP contribution is 2.25. The van der Waals surface area contributed by atoms with E-state index >= 15 is 0 Å². The molecular formula is C7H11F3O4S. The van der Waals surface area contributed by atoms with Gasteiger partial charge in [0.15, 0.2) is 5.78 Å². The molecule has 0 aliphatic heterocycles. The van der Waals surface area contributed by atoms with Crippen LogP contribution in [-0.4, -0.2) is 26.3 Å². The van der Waals surface area contributed by atoms with Crippen molar-refractivity contribution in [3.63, 3.8) is 0 Å². The molecule has 8 heteroatoms. The van der Waals surface area contributed by atoms with E-state index < -0.39 is 33.4 Å². The summed E-state index contributed by atoms with van der Waals surface area (Å²) in [7, 11) is -5.67. The summed E-state index contributed by atoms with van der Waals surface area (Å²) in [6.07, 6.45) is 0. The normalized spacial score (nSPS) is 14.0. The number of Topliss-reactive ketones (excluding diaryl/α,β-unsaturated/α-hetero) is 1. The van der Waals surface area contributed by atoms with Gasteiger partial charge in [0.1, 0.15) is 6.61 Å². The number of hydrogen-bond acceptors (Lipinski definition) is 4. The molecule has 0 aromatic carbocycles. The molecule has 0 aromatic heterocycles. The Hall–Kier alpha value is -0.630. The maximum absolute atomic E-state index is 11.8. The Labute approximate surface area is 85.5 Å². The fraction of sp³-hybridized carbons (Fsp3) is 0.857. The zero-order valence-electron chi connectivity index (χ0n) is 8.38. The minimum Gasteiger partial charge on any atom is -0.296 e. The molecule has 0 saturated carbocycles. The van der Waals surface area contributed by atoms with Crippen LogP contribution >= 0.6 is 0 Å². The van der Waals surface area contributed by atoms with E-state index in [1.807, 2.05) is 0 Å². The van der Waals surface area contributed by atoms with Crippen molar-refractivity contribution in [1.29, 1.82) is 0 Å². The van der Waals surface area contributed by atoms with Crippen molar-refractivity contribution < 1.29 is 30.6 Å². The molecule has 0 spiro atoms. The lowest BCUT2D eigenvalue weighted by Gasteiger charge is -2.16. The molecule has 0 atom stereocenters. The third-order valence-corrected chi connectivity index (χ3v) is 2.46. The Morgan fingerprint density at radius 2 is 1.60 bits per heavy atom. The number of carbonyl (C=O) groups is 1. The van der Waals surface area contributed by atoms with Crippen LogP contribution in [-0.2, 0) is 19.1 Å². The molecular weight excluding hydrogens is 237 g/mol. The van der Waals surface area contributed by atoms with E-state index in [2.05, 4.69) is 4.18 Å². The molecule has 0 saturated heterocycles. The molecule has 0 aliphatic rings. The lowest BCUT2D eigenvalue weighted by Crippen LogP contribution is -2.31. The molecule has 0 bridgehead atoms. The first-order valence-electron chi connectivity index (χ1n) is 3.87. The summed E-state index contributed by atoms with van der Waals surface area (Å²) in [5, 5.41) is 0. The summed E-state index contributed by atoms with van der Waals surface area (Å²) >= 11 is 0. The first-order valence-corrected chi connectivity index (χ1v) is 5.28. The topological polar surface area (TPSA) is 60.4 Å². The second-order valence-electron chi connectivity index (χ2n) is 3.84. The van der Waals surface area contributed by atoms with Crippen LogP contribution in [0.5, 0.6) is 0 Å². The summed E-state index contributed by atoms with van der Waals surface area (Å²) in [6.45, 7) is 3.22. The van der Waals surface area contributed by atoms with Crippen LogP contribution in [0.1, 0.15) is 20.8 Å². The zero-order valence-corrected chi connectivity index (χ0v) is 9.20. The third-order valence-electron chi connectivity index (χ3n) is 1.47. The molecule has 0 N–H and O–H groups in total. The average molecular weight is 248 g/mol. The van der Waals surface area contributed by atoms with Gasteiger partial charge in [0.05, 0.1) is 0 Å². The minimum absolute atomic E-state index is 0.727. The largest absolute Gasteiger partial charge is 0.523 e. The summed E-state index contributed by atoms with van der Waals surface area (Å²) in [5.41, 5.74) is -6.44. The second kappa shape index (κ2) is 4.09. The van der Waals surface area contributed by atoms with Crippen molar-refractivity contribution in [2.45, 2.75) is 26.3 Å². The van der Waals surface area contributed by atoms with Crippen molar-refractivity contribution in [2.75, 3.05) is 6.61 Å². The third kappa shape index (κ3) is 4.17. The highest BCUT2D eigenvalue weighted by molar-refractivity contribution is 7.87. The van der Waals surface area contributed by atoms with Gasteiger partial charge in [-0.1, -0.05) is 20.8 Å². The van der Waals surface area contributed by atoms with Gasteiger partial charge in [0, 0.05) is 5.41 Å². The Morgan fingerprint density at radius 3 is 1.87 bits per heavy atom. The molecule has 90 valence electrons. The summed E-state index contributed by atoms with van der Waals surface area (Å²) in [4.78, 5) is 11.1. The van der Waals surface area contributed by atoms with Gasteiger partial charge >= 0.3 is 15.6 Å². The molecule has 0 heterocycles. The average Bonchev–Trinajstić information content (AvgIpc) is 1.96. The quantitative estimate of drug-likeness (QED) is 0.560. The number of carbonyl (C=O) groups excluding carboxylic acids is 1. The van der Waals surface area contributed by atoms with E-state index in [1.165, 1.54) is 20.8 Å². The monoisotopic (exact) mass is 248 g/mol. The maximum atomic E-state index is 11.8. The highest BCUT2D eigenvalue weighted by Gasteiger charge is 2.47. The van der Waals surface area contributed by atoms with E-state index in [9.17, 15) is 26.4 Å². The minimum atomic E-state index is -5.67. The fourth-order valence-electron chi connectivity index (χ4n) is 0.414. The van der Waals surface area contributed by atoms with Crippen LogP contribution in [0.3, 0.4) is 0 Å². The standard InChI is InChI=1S/C7H11F3O4S/c1-6(2,3)5(11)4-14-15(12,13)7(8,9)10/h4H2,1-3H3. The Morgan fingerprint density at radius 1 is 1.20 bits per heavy atom. The molecule has 15 heavy (non-hydrogen) atoms. The first-order chi connectivity index (χ1) is 6.38. The van der Waals surface area contributed by atoms with E-state index in [0.29, 0.717) is 0 Å². The zero-order chi connectivity index (χ0) is 12.5. The van der Waals surface area contributed by atoms with Crippen molar-refractivity contribution in [3.05, 3.63) is 0 Å². The second-order valence-corrected chi connectivity index (χ2v) is 5.44. The molecule has 0 aliphatic carbocycles. The maximum Gasteiger partial charge on any atom is 0.523 e. The van der Waals surface area contributed by atoms with E-state index in [-0.39, 0.29) is 0 Å². The SMILES string of the molecule is CC(C)(C)C(=O)COS(=O)(=O)C(F)(F)F. The van der Waals surface area contributed by atoms with Crippen molar-refractivity contribution >= 4 is 15.9 Å². The Kier molecular flexibility index (Phi) is 3.92. The van der Waals surface area contributed by atoms with Crippen LogP contribution < -0.4 is 0 Å². The first kappa shape index (κ1) is 14.4. The molecule has 0 rings (SSSR count). The van der Waals surface area contributed by atoms with Gasteiger partial charge in [-0.15, -0.1) is 0 Å². The van der Waals surface area contributed by atoms with Gasteiger partial charge in [-0.05, 0) is 0 Å². The number of hydrogen-bond donors (Lipinski definition) is 0. The summed E-state index contributed by atoms with van der Waals surface area (Å²) < 4.78 is 59.6. The number of rotatable bonds is 3. The van der Waals surface area contributed by atoms with Gasteiger partial charge in [0.25, 0.3) is 0 Å². The molecule has 0 fully saturated rings. The molecule has 0 amide bonds. The summed E-state index contributed by atoms with van der Waals surface area (Å²) in [5.74, 6) is -0.727. The lowest BCUT2D eigenvalue weighted by molar-refractivity contribution is -0.128. The lowest BCUT2D eigenvalue weighted by atomic mass is 9.91. The van der Waals surface area contributed by atoms with Gasteiger partial charge < -0.3 is 0 Å². The van der Waals surface area contributed by atoms with E-state index in [1.54, 1.807) is 0 Å². The number of alkyl halides is 3. The fourth-order valence-corrected chi connectivity index (χ4v) is 0.810. The molecule has 0 radical (unpaired) electrons. The number of halogens is 3. The Balaban J connectivity index is 4.51. The van der Waals surface area contributed by atoms with Gasteiger partial charge in [0.2, 0.25) is 0 Å². The predicted octanol–water partition coefficient (Wildman–Crippen LogP) is 1.47. The van der Waals surface area contributed by atoms with E-state index in [4.69, 9.17) is 0 Å². The van der Waals surface area contributed by atoms with Crippen LogP contribution in [0.25, 0.3) is 0 Å². The number of ketones is 1. The van der Waals surface area contributed by atoms with Crippen molar-refractivity contribution in [1.82, 2.24) is 0 Å². The van der Waals surface area contributed by atoms with Crippen LogP contribution in [0.4, 0.5) is 13.2 Å². The van der Waals surface area contributed by atoms with E-state index in [0.717, 1.165) is 0 Å². The van der Waals surface area contributed by atoms with Crippen molar-refractivity contribution in [3.8, 4) is 0 Å². The van der Waals surface area contributed by atoms with Gasteiger partial charge in [-0.25, -0.2) is 0 Å². The van der Waals surface area contributed by atoms with Gasteiger partial charge in [-0.2, -0.15) is 21.6 Å². The highest BCUT2D eigenvalue weighted by atomic mass is 32.2. The van der Waals surface area contributed by atoms with Crippen LogP contribution in [0.2, 0.25) is 0 Å². The smallest absolute Gasteiger partial charge is 0.296 e. The predicted molar refractivity (Wildman–Crippen MR) is 45.4 cm³/mol. The Bertz CT molecular complexity index is 336. The molecule has 0 aromatic rings.